The second kappa shape index (κ2) is 5.04. The van der Waals surface area contributed by atoms with Gasteiger partial charge in [0, 0.05) is 9.13 Å². The quantitative estimate of drug-likeness (QED) is 0.404. The third-order valence-corrected chi connectivity index (χ3v) is 1.52. The second-order valence-electron chi connectivity index (χ2n) is 0.961. The molecule has 0 aliphatic carbocycles. The maximum absolute atomic E-state index is 9.78. The van der Waals surface area contributed by atoms with E-state index in [2.05, 4.69) is 9.05 Å². The second-order valence-corrected chi connectivity index (χ2v) is 2.69. The molecule has 0 aromatic rings. The molecule has 0 fully saturated rings. The van der Waals surface area contributed by atoms with E-state index in [0.29, 0.717) is 0 Å². The van der Waals surface area contributed by atoms with E-state index in [0.717, 1.165) is 0 Å². The standard InChI is InChI=1S/CHClO6P2/c2-1(7-9(3)4)8-10(5)6/h1H/p+2. The first-order chi connectivity index (χ1) is 4.52. The Labute approximate surface area is 62.6 Å². The zero-order valence-electron chi connectivity index (χ0n) is 4.38. The Bertz CT molecular complexity index is 131. The van der Waals surface area contributed by atoms with Gasteiger partial charge in [0.25, 0.3) is 0 Å². The van der Waals surface area contributed by atoms with Crippen molar-refractivity contribution in [1.29, 1.82) is 0 Å². The number of hydrogen-bond donors (Lipinski definition) is 2. The van der Waals surface area contributed by atoms with Crippen molar-refractivity contribution < 1.29 is 28.0 Å². The topological polar surface area (TPSA) is 93.1 Å². The van der Waals surface area contributed by atoms with Gasteiger partial charge in [0.15, 0.2) is 0 Å². The molecular formula is CH3ClO6P2+2. The maximum Gasteiger partial charge on any atom is 0.698 e. The van der Waals surface area contributed by atoms with E-state index in [1.165, 1.54) is 0 Å². The summed E-state index contributed by atoms with van der Waals surface area (Å²) in [6.07, 6.45) is 0. The van der Waals surface area contributed by atoms with Crippen LogP contribution >= 0.6 is 28.1 Å². The zero-order chi connectivity index (χ0) is 8.15. The average molecular weight is 208 g/mol. The normalized spacial score (nSPS) is 16.3. The Morgan fingerprint density at radius 2 is 1.50 bits per heavy atom. The van der Waals surface area contributed by atoms with Gasteiger partial charge in [-0.2, -0.15) is 0 Å². The van der Waals surface area contributed by atoms with Gasteiger partial charge >= 0.3 is 22.3 Å². The molecule has 2 unspecified atom stereocenters. The van der Waals surface area contributed by atoms with Gasteiger partial charge in [0.05, 0.1) is 0 Å². The first-order valence-electron chi connectivity index (χ1n) is 1.82. The van der Waals surface area contributed by atoms with Crippen molar-refractivity contribution in [1.82, 2.24) is 0 Å². The van der Waals surface area contributed by atoms with Crippen LogP contribution in [0.4, 0.5) is 0 Å². The third kappa shape index (κ3) is 6.45. The molecule has 0 saturated heterocycles. The highest BCUT2D eigenvalue weighted by molar-refractivity contribution is 7.33. The fraction of sp³-hybridized carbons (Fsp3) is 1.00. The van der Waals surface area contributed by atoms with E-state index in [-0.39, 0.29) is 0 Å². The SMILES string of the molecule is O=[P+](O)OC(Cl)O[P+](=O)O. The maximum atomic E-state index is 9.78. The summed E-state index contributed by atoms with van der Waals surface area (Å²) < 4.78 is 27.2. The van der Waals surface area contributed by atoms with Crippen LogP contribution in [-0.2, 0) is 18.2 Å². The fourth-order valence-electron chi connectivity index (χ4n) is 0.161. The van der Waals surface area contributed by atoms with Gasteiger partial charge < -0.3 is 0 Å². The van der Waals surface area contributed by atoms with Gasteiger partial charge in [-0.3, -0.25) is 0 Å². The highest BCUT2D eigenvalue weighted by atomic mass is 35.5. The Morgan fingerprint density at radius 1 is 1.20 bits per heavy atom. The predicted molar refractivity (Wildman–Crippen MR) is 31.5 cm³/mol. The molecule has 0 bridgehead atoms. The molecule has 2 atom stereocenters. The van der Waals surface area contributed by atoms with Gasteiger partial charge in [0.1, 0.15) is 0 Å². The summed E-state index contributed by atoms with van der Waals surface area (Å²) in [7, 11) is -5.83. The Morgan fingerprint density at radius 3 is 1.70 bits per heavy atom. The van der Waals surface area contributed by atoms with Crippen LogP contribution in [-0.4, -0.2) is 15.5 Å². The van der Waals surface area contributed by atoms with E-state index in [1.54, 1.807) is 0 Å². The van der Waals surface area contributed by atoms with E-state index < -0.39 is 22.3 Å². The molecule has 10 heavy (non-hydrogen) atoms. The summed E-state index contributed by atoms with van der Waals surface area (Å²) >= 11 is 4.94. The Kier molecular flexibility index (Phi) is 5.21. The van der Waals surface area contributed by atoms with Crippen LogP contribution in [0.3, 0.4) is 0 Å². The Balaban J connectivity index is 3.53. The molecule has 9 heteroatoms. The van der Waals surface area contributed by atoms with Crippen LogP contribution in [0.5, 0.6) is 0 Å². The van der Waals surface area contributed by atoms with Gasteiger partial charge in [-0.1, -0.05) is 20.6 Å². The van der Waals surface area contributed by atoms with E-state index >= 15 is 0 Å². The lowest BCUT2D eigenvalue weighted by molar-refractivity contribution is 0.0711. The molecule has 58 valence electrons. The molecule has 0 heterocycles. The summed E-state index contributed by atoms with van der Waals surface area (Å²) in [6.45, 7) is 0. The summed E-state index contributed by atoms with van der Waals surface area (Å²) in [5.74, 6) is -1.68. The molecule has 0 aliphatic heterocycles. The van der Waals surface area contributed by atoms with Crippen molar-refractivity contribution in [2.45, 2.75) is 5.75 Å². The van der Waals surface area contributed by atoms with E-state index in [9.17, 15) is 9.13 Å². The van der Waals surface area contributed by atoms with Crippen LogP contribution in [0.15, 0.2) is 0 Å². The van der Waals surface area contributed by atoms with Crippen molar-refractivity contribution >= 4 is 28.1 Å². The summed E-state index contributed by atoms with van der Waals surface area (Å²) in [5.41, 5.74) is 0. The van der Waals surface area contributed by atoms with Crippen molar-refractivity contribution in [2.75, 3.05) is 0 Å². The molecule has 2 N–H and O–H groups in total. The van der Waals surface area contributed by atoms with Gasteiger partial charge in [0.2, 0.25) is 0 Å². The molecule has 0 rings (SSSR count). The first-order valence-corrected chi connectivity index (χ1v) is 4.52. The molecule has 0 aliphatic rings. The van der Waals surface area contributed by atoms with Crippen LogP contribution < -0.4 is 0 Å². The molecule has 0 amide bonds. The lowest BCUT2D eigenvalue weighted by Crippen LogP contribution is -1.99. The van der Waals surface area contributed by atoms with Gasteiger partial charge in [-0.05, 0) is 0 Å². The number of halogens is 1. The molecule has 0 aromatic heterocycles. The highest BCUT2D eigenvalue weighted by Crippen LogP contribution is 2.27. The molecule has 0 saturated carbocycles. The molecule has 0 spiro atoms. The van der Waals surface area contributed by atoms with Crippen molar-refractivity contribution in [3.63, 3.8) is 0 Å². The van der Waals surface area contributed by atoms with Crippen molar-refractivity contribution in [2.24, 2.45) is 0 Å². The van der Waals surface area contributed by atoms with Gasteiger partial charge in [-0.15, -0.1) is 9.79 Å². The smallest absolute Gasteiger partial charge is 0.133 e. The van der Waals surface area contributed by atoms with Crippen LogP contribution in [0.2, 0.25) is 0 Å². The largest absolute Gasteiger partial charge is 0.698 e. The van der Waals surface area contributed by atoms with E-state index in [4.69, 9.17) is 21.4 Å². The highest BCUT2D eigenvalue weighted by Gasteiger charge is 2.30. The zero-order valence-corrected chi connectivity index (χ0v) is 6.92. The fourth-order valence-corrected chi connectivity index (χ4v) is 1.01. The molecular weight excluding hydrogens is 205 g/mol. The van der Waals surface area contributed by atoms with Crippen molar-refractivity contribution in [3.8, 4) is 0 Å². The first kappa shape index (κ1) is 10.3. The van der Waals surface area contributed by atoms with Crippen LogP contribution in [0.25, 0.3) is 0 Å². The van der Waals surface area contributed by atoms with Crippen LogP contribution in [0, 0.1) is 0 Å². The van der Waals surface area contributed by atoms with Gasteiger partial charge in [-0.25, -0.2) is 0 Å². The van der Waals surface area contributed by atoms with Crippen LogP contribution in [0.1, 0.15) is 0 Å². The minimum atomic E-state index is -2.92. The lowest BCUT2D eigenvalue weighted by atomic mass is 11.5. The average Bonchev–Trinajstić information content (AvgIpc) is 1.58. The third-order valence-electron chi connectivity index (χ3n) is 0.346. The molecule has 0 aromatic carbocycles. The number of hydrogen-bond acceptors (Lipinski definition) is 4. The Hall–Kier alpha value is 0.330. The number of rotatable bonds is 4. The summed E-state index contributed by atoms with van der Waals surface area (Å²) in [5, 5.41) is 0. The summed E-state index contributed by atoms with van der Waals surface area (Å²) in [6, 6.07) is 0. The minimum Gasteiger partial charge on any atom is -0.133 e. The number of alkyl halides is 1. The van der Waals surface area contributed by atoms with E-state index in [1.807, 2.05) is 0 Å². The monoisotopic (exact) mass is 208 g/mol. The summed E-state index contributed by atoms with van der Waals surface area (Å²) in [4.78, 5) is 16.0. The predicted octanol–water partition coefficient (Wildman–Crippen LogP) is 0.841. The molecule has 0 radical (unpaired) electrons. The van der Waals surface area contributed by atoms with Crippen molar-refractivity contribution in [3.05, 3.63) is 0 Å². The molecule has 6 nitrogen and oxygen atoms in total. The lowest BCUT2D eigenvalue weighted by Gasteiger charge is -1.86. The minimum absolute atomic E-state index is 1.68.